The summed E-state index contributed by atoms with van der Waals surface area (Å²) >= 11 is 4.31. The summed E-state index contributed by atoms with van der Waals surface area (Å²) in [5.41, 5.74) is 10.7. The Bertz CT molecular complexity index is 2370. The van der Waals surface area contributed by atoms with Crippen molar-refractivity contribution in [3.8, 4) is 11.5 Å². The number of hydrogen-bond donors (Lipinski definition) is 0. The molecule has 0 amide bonds. The summed E-state index contributed by atoms with van der Waals surface area (Å²) in [6.07, 6.45) is 2.37. The highest BCUT2D eigenvalue weighted by atomic mass is 32.2. The Balaban J connectivity index is 1.23. The van der Waals surface area contributed by atoms with E-state index in [1.807, 2.05) is 60.7 Å². The van der Waals surface area contributed by atoms with Crippen LogP contribution in [-0.2, 0) is 0 Å². The molecule has 0 aliphatic carbocycles. The van der Waals surface area contributed by atoms with E-state index in [4.69, 9.17) is 4.74 Å². The normalized spacial score (nSPS) is 23.0. The summed E-state index contributed by atoms with van der Waals surface area (Å²) in [4.78, 5) is 7.14. The number of hydrogen-bond acceptors (Lipinski definition) is 6. The van der Waals surface area contributed by atoms with E-state index < -0.39 is 0 Å². The van der Waals surface area contributed by atoms with E-state index in [1.165, 1.54) is 23.8 Å². The molecular weight excluding hydrogens is 699 g/mol. The topological polar surface area (TPSA) is 19.0 Å². The summed E-state index contributed by atoms with van der Waals surface area (Å²) in [5.74, 6) is 1.38. The Morgan fingerprint density at radius 2 is 1.23 bits per heavy atom. The molecule has 2 fully saturated rings. The summed E-state index contributed by atoms with van der Waals surface area (Å²) in [7, 11) is 0. The molecule has 2 saturated heterocycles. The predicted octanol–water partition coefficient (Wildman–Crippen LogP) is 11.2. The molecular formula is C44H34BF2N3OS2. The summed E-state index contributed by atoms with van der Waals surface area (Å²) in [6.45, 7) is 2.46. The van der Waals surface area contributed by atoms with E-state index in [9.17, 15) is 8.78 Å². The molecule has 5 aliphatic heterocycles. The minimum atomic E-state index is -0.266. The van der Waals surface area contributed by atoms with Gasteiger partial charge < -0.3 is 19.4 Å². The maximum atomic E-state index is 14.6. The molecule has 0 radical (unpaired) electrons. The number of benzene rings is 6. The fourth-order valence-electron chi connectivity index (χ4n) is 9.47. The van der Waals surface area contributed by atoms with E-state index >= 15 is 0 Å². The number of nitrogens with zero attached hydrogens (tertiary/aromatic N) is 3. The quantitative estimate of drug-likeness (QED) is 0.167. The van der Waals surface area contributed by atoms with Gasteiger partial charge in [0.25, 0.3) is 0 Å². The molecule has 0 aromatic heterocycles. The molecule has 5 atom stereocenters. The van der Waals surface area contributed by atoms with Gasteiger partial charge in [-0.1, -0.05) is 49.4 Å². The Morgan fingerprint density at radius 3 is 1.91 bits per heavy atom. The second kappa shape index (κ2) is 12.1. The number of ether oxygens (including phenoxy) is 1. The van der Waals surface area contributed by atoms with Gasteiger partial charge in [0.1, 0.15) is 11.6 Å². The Hall–Kier alpha value is -4.86. The number of para-hydroxylation sites is 5. The van der Waals surface area contributed by atoms with E-state index in [2.05, 4.69) is 93.7 Å². The van der Waals surface area contributed by atoms with Crippen LogP contribution < -0.4 is 30.4 Å². The van der Waals surface area contributed by atoms with E-state index in [0.29, 0.717) is 21.6 Å². The molecule has 0 saturated carbocycles. The molecule has 53 heavy (non-hydrogen) atoms. The Morgan fingerprint density at radius 1 is 0.642 bits per heavy atom. The molecule has 0 N–H and O–H groups in total. The van der Waals surface area contributed by atoms with Gasteiger partial charge >= 0.3 is 0 Å². The molecule has 260 valence electrons. The van der Waals surface area contributed by atoms with Crippen LogP contribution in [0.4, 0.5) is 54.3 Å². The van der Waals surface area contributed by atoms with Gasteiger partial charge in [-0.2, -0.15) is 11.8 Å². The van der Waals surface area contributed by atoms with Gasteiger partial charge in [0, 0.05) is 44.2 Å². The molecule has 0 bridgehead atoms. The number of anilines is 8. The van der Waals surface area contributed by atoms with Gasteiger partial charge in [-0.05, 0) is 121 Å². The summed E-state index contributed by atoms with van der Waals surface area (Å²) < 4.78 is 35.6. The minimum absolute atomic E-state index is 0.138. The van der Waals surface area contributed by atoms with Crippen molar-refractivity contribution in [3.63, 3.8) is 0 Å². The van der Waals surface area contributed by atoms with Crippen molar-refractivity contribution >= 4 is 86.7 Å². The lowest BCUT2D eigenvalue weighted by atomic mass is 9.30. The molecule has 9 heteroatoms. The largest absolute Gasteiger partial charge is 0.453 e. The van der Waals surface area contributed by atoms with E-state index in [1.54, 1.807) is 24.3 Å². The van der Waals surface area contributed by atoms with Crippen LogP contribution in [0.5, 0.6) is 11.5 Å². The van der Waals surface area contributed by atoms with Crippen molar-refractivity contribution in [2.45, 2.75) is 46.7 Å². The zero-order valence-electron chi connectivity index (χ0n) is 28.9. The lowest BCUT2D eigenvalue weighted by molar-refractivity contribution is 0.477. The number of halogens is 2. The lowest BCUT2D eigenvalue weighted by Gasteiger charge is -2.50. The van der Waals surface area contributed by atoms with Crippen molar-refractivity contribution in [3.05, 3.63) is 145 Å². The van der Waals surface area contributed by atoms with Gasteiger partial charge in [0.15, 0.2) is 11.5 Å². The smallest absolute Gasteiger partial charge is 0.224 e. The first-order valence-corrected chi connectivity index (χ1v) is 20.3. The number of rotatable bonds is 4. The van der Waals surface area contributed by atoms with Gasteiger partial charge in [0.2, 0.25) is 6.71 Å². The van der Waals surface area contributed by atoms with Gasteiger partial charge in [-0.25, -0.2) is 8.78 Å². The average Bonchev–Trinajstić information content (AvgIpc) is 3.76. The Labute approximate surface area is 316 Å². The molecule has 6 aromatic carbocycles. The maximum absolute atomic E-state index is 14.6. The highest BCUT2D eigenvalue weighted by molar-refractivity contribution is 8.06. The first-order chi connectivity index (χ1) is 26.1. The van der Waals surface area contributed by atoms with Crippen molar-refractivity contribution in [1.29, 1.82) is 0 Å². The monoisotopic (exact) mass is 733 g/mol. The van der Waals surface area contributed by atoms with Crippen molar-refractivity contribution in [1.82, 2.24) is 0 Å². The van der Waals surface area contributed by atoms with Gasteiger partial charge in [-0.3, -0.25) is 0 Å². The molecule has 5 heterocycles. The third-order valence-electron chi connectivity index (χ3n) is 11.7. The second-order valence-electron chi connectivity index (χ2n) is 14.5. The zero-order chi connectivity index (χ0) is 35.4. The van der Waals surface area contributed by atoms with Gasteiger partial charge in [0.05, 0.1) is 22.4 Å². The van der Waals surface area contributed by atoms with E-state index in [0.717, 1.165) is 57.0 Å². The minimum Gasteiger partial charge on any atom is -0.453 e. The summed E-state index contributed by atoms with van der Waals surface area (Å²) in [6, 6.07) is 43.8. The highest BCUT2D eigenvalue weighted by Gasteiger charge is 2.60. The third-order valence-corrected chi connectivity index (χ3v) is 15.3. The summed E-state index contributed by atoms with van der Waals surface area (Å²) in [5, 5.41) is 1.81. The fourth-order valence-corrected chi connectivity index (χ4v) is 13.7. The number of thioether (sulfide) groups is 2. The van der Waals surface area contributed by atoms with Gasteiger partial charge in [-0.15, -0.1) is 11.8 Å². The van der Waals surface area contributed by atoms with Crippen LogP contribution in [0.1, 0.15) is 19.8 Å². The van der Waals surface area contributed by atoms with Crippen LogP contribution in [0.25, 0.3) is 0 Å². The average molecular weight is 734 g/mol. The standard InChI is InChI=1S/C44H34BF2N3OS2/c1-2-31-25-40-43(52-31)42-44(53-40)50(29-21-17-27(47)18-22-29)37-24-30(49-34-11-5-7-13-38(34)51-39-14-8-6-12-35(39)49)23-36-41(37)45(42)32-9-3-4-10-33(32)48(36)28-19-15-26(46)16-20-28/h3-24,31,40,42-44H,2,25H2,1H3. The zero-order valence-corrected chi connectivity index (χ0v) is 30.5. The maximum Gasteiger partial charge on any atom is 0.224 e. The van der Waals surface area contributed by atoms with Crippen molar-refractivity contribution in [2.24, 2.45) is 0 Å². The molecule has 4 nitrogen and oxygen atoms in total. The van der Waals surface area contributed by atoms with Crippen LogP contribution in [0.2, 0.25) is 5.82 Å². The lowest BCUT2D eigenvalue weighted by Crippen LogP contribution is -2.62. The first kappa shape index (κ1) is 31.7. The third kappa shape index (κ3) is 4.76. The molecule has 6 aromatic rings. The van der Waals surface area contributed by atoms with E-state index in [-0.39, 0.29) is 23.7 Å². The Kier molecular flexibility index (Phi) is 7.22. The van der Waals surface area contributed by atoms with Crippen molar-refractivity contribution < 1.29 is 13.5 Å². The molecule has 5 aliphatic rings. The number of fused-ring (bicyclic) bond motifs is 8. The second-order valence-corrected chi connectivity index (χ2v) is 17.3. The van der Waals surface area contributed by atoms with Crippen LogP contribution in [0.3, 0.4) is 0 Å². The SMILES string of the molecule is CCC1CC2SC3C(B4c5ccccc5N(c5ccc(F)cc5)c5cc(N6c7ccccc7Oc7ccccc76)cc(c54)N3c3ccc(F)cc3)C2S1. The molecule has 0 spiro atoms. The highest BCUT2D eigenvalue weighted by Crippen LogP contribution is 2.63. The van der Waals surface area contributed by atoms with Crippen LogP contribution in [0.15, 0.2) is 133 Å². The van der Waals surface area contributed by atoms with Crippen molar-refractivity contribution in [2.75, 3.05) is 14.7 Å². The van der Waals surface area contributed by atoms with Crippen LogP contribution >= 0.6 is 23.5 Å². The van der Waals surface area contributed by atoms with Crippen LogP contribution in [-0.4, -0.2) is 27.8 Å². The fraction of sp³-hybridized carbons (Fsp3) is 0.182. The molecule has 5 unspecified atom stereocenters. The molecule has 11 rings (SSSR count). The van der Waals surface area contributed by atoms with Crippen LogP contribution in [0, 0.1) is 11.6 Å². The predicted molar refractivity (Wildman–Crippen MR) is 218 cm³/mol. The first-order valence-electron chi connectivity index (χ1n) is 18.4.